The summed E-state index contributed by atoms with van der Waals surface area (Å²) in [6, 6.07) is 7.77. The molecule has 0 bridgehead atoms. The van der Waals surface area contributed by atoms with Crippen molar-refractivity contribution in [1.29, 1.82) is 0 Å². The first-order valence-electron chi connectivity index (χ1n) is 5.74. The van der Waals surface area contributed by atoms with Crippen LogP contribution in [0.1, 0.15) is 15.9 Å². The second-order valence-corrected chi connectivity index (χ2v) is 5.14. The number of nitrogens with two attached hydrogens (primary N) is 1. The minimum Gasteiger partial charge on any atom is -0.507 e. The Morgan fingerprint density at radius 1 is 1.20 bits per heavy atom. The lowest BCUT2D eigenvalue weighted by molar-refractivity contribution is 0.102. The molecule has 0 aliphatic carbocycles. The molecule has 0 saturated heterocycles. The number of nitrogens with one attached hydrogen (secondary N) is 1. The summed E-state index contributed by atoms with van der Waals surface area (Å²) in [4.78, 5) is 12.1. The highest BCUT2D eigenvalue weighted by molar-refractivity contribution is 6.39. The van der Waals surface area contributed by atoms with Crippen molar-refractivity contribution in [2.24, 2.45) is 0 Å². The summed E-state index contributed by atoms with van der Waals surface area (Å²) in [7, 11) is 0. The maximum atomic E-state index is 12.1. The predicted molar refractivity (Wildman–Crippen MR) is 81.7 cm³/mol. The molecule has 1 amide bonds. The number of halogens is 2. The van der Waals surface area contributed by atoms with Crippen molar-refractivity contribution in [2.75, 3.05) is 11.1 Å². The molecule has 4 nitrogen and oxygen atoms in total. The quantitative estimate of drug-likeness (QED) is 0.738. The molecule has 0 atom stereocenters. The van der Waals surface area contributed by atoms with Crippen LogP contribution in [-0.4, -0.2) is 11.0 Å². The van der Waals surface area contributed by atoms with E-state index in [0.29, 0.717) is 5.69 Å². The van der Waals surface area contributed by atoms with Gasteiger partial charge in [-0.1, -0.05) is 29.3 Å². The van der Waals surface area contributed by atoms with Gasteiger partial charge in [0, 0.05) is 5.69 Å². The van der Waals surface area contributed by atoms with E-state index in [1.165, 1.54) is 18.2 Å². The number of aromatic hydroxyl groups is 1. The average Bonchev–Trinajstić information content (AvgIpc) is 2.35. The molecule has 104 valence electrons. The standard InChI is InChI=1S/C14H12Cl2N2O2/c1-7-2-3-9(12(19)4-7)14(20)18-8-5-10(15)13(17)11(16)6-8/h2-6,19H,17H2,1H3,(H,18,20). The number of carbonyl (C=O) groups is 1. The largest absolute Gasteiger partial charge is 0.507 e. The summed E-state index contributed by atoms with van der Waals surface area (Å²) in [5, 5.41) is 12.9. The number of phenols is 1. The third-order valence-corrected chi connectivity index (χ3v) is 3.36. The van der Waals surface area contributed by atoms with Crippen LogP contribution in [0.2, 0.25) is 10.0 Å². The summed E-state index contributed by atoms with van der Waals surface area (Å²) in [5.74, 6) is -0.547. The molecule has 2 aromatic carbocycles. The lowest BCUT2D eigenvalue weighted by Gasteiger charge is -2.09. The Morgan fingerprint density at radius 2 is 1.80 bits per heavy atom. The van der Waals surface area contributed by atoms with Gasteiger partial charge in [-0.2, -0.15) is 0 Å². The van der Waals surface area contributed by atoms with E-state index in [9.17, 15) is 9.90 Å². The van der Waals surface area contributed by atoms with E-state index < -0.39 is 5.91 Å². The van der Waals surface area contributed by atoms with Gasteiger partial charge >= 0.3 is 0 Å². The first kappa shape index (κ1) is 14.5. The highest BCUT2D eigenvalue weighted by Crippen LogP contribution is 2.31. The van der Waals surface area contributed by atoms with Crippen molar-refractivity contribution >= 4 is 40.5 Å². The van der Waals surface area contributed by atoms with Gasteiger partial charge in [0.1, 0.15) is 5.75 Å². The van der Waals surface area contributed by atoms with Crippen LogP contribution in [0.15, 0.2) is 30.3 Å². The average molecular weight is 311 g/mol. The van der Waals surface area contributed by atoms with Gasteiger partial charge in [-0.3, -0.25) is 4.79 Å². The normalized spacial score (nSPS) is 10.3. The molecule has 0 spiro atoms. The van der Waals surface area contributed by atoms with Crippen molar-refractivity contribution in [3.05, 3.63) is 51.5 Å². The zero-order valence-corrected chi connectivity index (χ0v) is 12.1. The number of nitrogen functional groups attached to an aromatic ring is 1. The summed E-state index contributed by atoms with van der Waals surface area (Å²) in [6.45, 7) is 1.82. The number of hydrogen-bond donors (Lipinski definition) is 3. The second-order valence-electron chi connectivity index (χ2n) is 4.33. The molecule has 0 unspecified atom stereocenters. The minimum atomic E-state index is -0.459. The zero-order chi connectivity index (χ0) is 14.9. The number of benzene rings is 2. The van der Waals surface area contributed by atoms with Crippen molar-refractivity contribution in [1.82, 2.24) is 0 Å². The molecule has 6 heteroatoms. The van der Waals surface area contributed by atoms with Gasteiger partial charge in [-0.15, -0.1) is 0 Å². The van der Waals surface area contributed by atoms with Crippen molar-refractivity contribution in [3.63, 3.8) is 0 Å². The molecule has 2 aromatic rings. The van der Waals surface area contributed by atoms with Gasteiger partial charge < -0.3 is 16.2 Å². The Hall–Kier alpha value is -1.91. The van der Waals surface area contributed by atoms with Gasteiger partial charge in [0.15, 0.2) is 0 Å². The first-order valence-corrected chi connectivity index (χ1v) is 6.49. The fourth-order valence-electron chi connectivity index (χ4n) is 1.69. The molecule has 20 heavy (non-hydrogen) atoms. The Morgan fingerprint density at radius 3 is 2.35 bits per heavy atom. The first-order chi connectivity index (χ1) is 9.38. The van der Waals surface area contributed by atoms with Crippen molar-refractivity contribution in [2.45, 2.75) is 6.92 Å². The third kappa shape index (κ3) is 2.98. The molecule has 0 aromatic heterocycles. The smallest absolute Gasteiger partial charge is 0.259 e. The van der Waals surface area contributed by atoms with Gasteiger partial charge in [-0.25, -0.2) is 0 Å². The Kier molecular flexibility index (Phi) is 4.06. The minimum absolute atomic E-state index is 0.0878. The molecule has 4 N–H and O–H groups in total. The van der Waals surface area contributed by atoms with Gasteiger partial charge in [0.2, 0.25) is 0 Å². The Bertz CT molecular complexity index is 664. The number of aryl methyl sites for hydroxylation is 1. The van der Waals surface area contributed by atoms with E-state index >= 15 is 0 Å². The van der Waals surface area contributed by atoms with E-state index in [0.717, 1.165) is 5.56 Å². The van der Waals surface area contributed by atoms with Crippen molar-refractivity contribution in [3.8, 4) is 5.75 Å². The topological polar surface area (TPSA) is 75.4 Å². The third-order valence-electron chi connectivity index (χ3n) is 2.73. The Labute approximate surface area is 126 Å². The van der Waals surface area contributed by atoms with Crippen LogP contribution in [0.3, 0.4) is 0 Å². The van der Waals surface area contributed by atoms with E-state index in [1.54, 1.807) is 12.1 Å². The molecule has 0 saturated carbocycles. The molecule has 0 aliphatic heterocycles. The van der Waals surface area contributed by atoms with Crippen molar-refractivity contribution < 1.29 is 9.90 Å². The van der Waals surface area contributed by atoms with Gasteiger partial charge in [0.05, 0.1) is 21.3 Å². The van der Waals surface area contributed by atoms with Crippen LogP contribution in [0.25, 0.3) is 0 Å². The van der Waals surface area contributed by atoms with Crippen LogP contribution in [0.5, 0.6) is 5.75 Å². The number of carbonyl (C=O) groups excluding carboxylic acids is 1. The lowest BCUT2D eigenvalue weighted by atomic mass is 10.1. The number of amides is 1. The Balaban J connectivity index is 2.28. The lowest BCUT2D eigenvalue weighted by Crippen LogP contribution is -2.12. The van der Waals surface area contributed by atoms with Crippen LogP contribution in [-0.2, 0) is 0 Å². The molecule has 0 aliphatic rings. The van der Waals surface area contributed by atoms with Crippen LogP contribution >= 0.6 is 23.2 Å². The van der Waals surface area contributed by atoms with E-state index in [2.05, 4.69) is 5.32 Å². The molecule has 0 radical (unpaired) electrons. The second kappa shape index (κ2) is 5.61. The van der Waals surface area contributed by atoms with Gasteiger partial charge in [0.25, 0.3) is 5.91 Å². The van der Waals surface area contributed by atoms with Crippen LogP contribution in [0.4, 0.5) is 11.4 Å². The zero-order valence-electron chi connectivity index (χ0n) is 10.6. The van der Waals surface area contributed by atoms with Crippen LogP contribution < -0.4 is 11.1 Å². The molecule has 0 fully saturated rings. The highest BCUT2D eigenvalue weighted by atomic mass is 35.5. The fraction of sp³-hybridized carbons (Fsp3) is 0.0714. The molecular weight excluding hydrogens is 299 g/mol. The molecule has 0 heterocycles. The molecule has 2 rings (SSSR count). The van der Waals surface area contributed by atoms with E-state index in [4.69, 9.17) is 28.9 Å². The monoisotopic (exact) mass is 310 g/mol. The maximum Gasteiger partial charge on any atom is 0.259 e. The fourth-order valence-corrected chi connectivity index (χ4v) is 2.18. The summed E-state index contributed by atoms with van der Waals surface area (Å²) in [5.41, 5.74) is 7.30. The number of rotatable bonds is 2. The summed E-state index contributed by atoms with van der Waals surface area (Å²) >= 11 is 11.8. The summed E-state index contributed by atoms with van der Waals surface area (Å²) in [6.07, 6.45) is 0. The van der Waals surface area contributed by atoms with E-state index in [-0.39, 0.29) is 27.0 Å². The van der Waals surface area contributed by atoms with E-state index in [1.807, 2.05) is 6.92 Å². The molecular formula is C14H12Cl2N2O2. The van der Waals surface area contributed by atoms with Gasteiger partial charge in [-0.05, 0) is 36.8 Å². The predicted octanol–water partition coefficient (Wildman–Crippen LogP) is 3.84. The number of anilines is 2. The SMILES string of the molecule is Cc1ccc(C(=O)Nc2cc(Cl)c(N)c(Cl)c2)c(O)c1. The number of hydrogen-bond acceptors (Lipinski definition) is 3. The number of phenolic OH excluding ortho intramolecular Hbond substituents is 1. The maximum absolute atomic E-state index is 12.1. The summed E-state index contributed by atoms with van der Waals surface area (Å²) < 4.78 is 0. The van der Waals surface area contributed by atoms with Crippen LogP contribution in [0, 0.1) is 6.92 Å². The highest BCUT2D eigenvalue weighted by Gasteiger charge is 2.13.